The highest BCUT2D eigenvalue weighted by Gasteiger charge is 2.16. The average molecular weight is 344 g/mol. The molecule has 0 aromatic heterocycles. The van der Waals surface area contributed by atoms with Crippen LogP contribution >= 0.6 is 11.8 Å². The average Bonchev–Trinajstić information content (AvgIpc) is 2.61. The topological polar surface area (TPSA) is 64.4 Å². The highest BCUT2D eigenvalue weighted by Crippen LogP contribution is 2.23. The molecule has 24 heavy (non-hydrogen) atoms. The van der Waals surface area contributed by atoms with Gasteiger partial charge in [0.15, 0.2) is 0 Å². The van der Waals surface area contributed by atoms with E-state index in [2.05, 4.69) is 5.32 Å². The second-order valence-corrected chi connectivity index (χ2v) is 6.59. The fourth-order valence-corrected chi connectivity index (χ4v) is 2.72. The van der Waals surface area contributed by atoms with Gasteiger partial charge in [-0.05, 0) is 55.2 Å². The van der Waals surface area contributed by atoms with Gasteiger partial charge in [0, 0.05) is 0 Å². The summed E-state index contributed by atoms with van der Waals surface area (Å²) < 4.78 is 5.77. The maximum absolute atomic E-state index is 12.1. The van der Waals surface area contributed by atoms with Crippen LogP contribution in [0.2, 0.25) is 0 Å². The lowest BCUT2D eigenvalue weighted by atomic mass is 10.1. The molecule has 0 fully saturated rings. The minimum absolute atomic E-state index is 0.0939. The molecule has 1 unspecified atom stereocenters. The molecular formula is C19H24N2O2S. The fourth-order valence-electron chi connectivity index (χ4n) is 2.23. The number of nitrogens with two attached hydrogens (primary N) is 1. The van der Waals surface area contributed by atoms with Crippen LogP contribution in [0.1, 0.15) is 24.9 Å². The summed E-state index contributed by atoms with van der Waals surface area (Å²) in [5.41, 5.74) is 6.91. The van der Waals surface area contributed by atoms with Gasteiger partial charge in [0.05, 0.1) is 12.1 Å². The van der Waals surface area contributed by atoms with Gasteiger partial charge >= 0.3 is 0 Å². The van der Waals surface area contributed by atoms with Gasteiger partial charge in [-0.15, -0.1) is 0 Å². The Morgan fingerprint density at radius 2 is 1.75 bits per heavy atom. The van der Waals surface area contributed by atoms with Crippen LogP contribution in [0.5, 0.6) is 11.5 Å². The van der Waals surface area contributed by atoms with E-state index in [-0.39, 0.29) is 11.9 Å². The zero-order valence-electron chi connectivity index (χ0n) is 14.1. The number of hydrogen-bond donors (Lipinski definition) is 2. The molecule has 2 atom stereocenters. The van der Waals surface area contributed by atoms with Gasteiger partial charge in [-0.3, -0.25) is 4.79 Å². The molecule has 0 aliphatic heterocycles. The predicted octanol–water partition coefficient (Wildman–Crippen LogP) is 3.74. The summed E-state index contributed by atoms with van der Waals surface area (Å²) >= 11 is 1.69. The Hall–Kier alpha value is -1.98. The van der Waals surface area contributed by atoms with Crippen LogP contribution in [-0.2, 0) is 4.79 Å². The van der Waals surface area contributed by atoms with Crippen molar-refractivity contribution in [1.29, 1.82) is 0 Å². The molecule has 0 heterocycles. The van der Waals surface area contributed by atoms with E-state index >= 15 is 0 Å². The zero-order valence-corrected chi connectivity index (χ0v) is 14.9. The van der Waals surface area contributed by atoms with Crippen LogP contribution in [0, 0.1) is 0 Å². The first-order chi connectivity index (χ1) is 11.6. The van der Waals surface area contributed by atoms with E-state index in [1.807, 2.05) is 67.8 Å². The Bertz CT molecular complexity index is 632. The van der Waals surface area contributed by atoms with Gasteiger partial charge in [0.25, 0.3) is 0 Å². The summed E-state index contributed by atoms with van der Waals surface area (Å²) in [7, 11) is 0. The predicted molar refractivity (Wildman–Crippen MR) is 100 cm³/mol. The molecule has 0 saturated carbocycles. The minimum Gasteiger partial charge on any atom is -0.457 e. The molecule has 0 aliphatic carbocycles. The summed E-state index contributed by atoms with van der Waals surface area (Å²) in [4.78, 5) is 12.1. The third-order valence-corrected chi connectivity index (χ3v) is 4.33. The molecule has 3 N–H and O–H groups in total. The quantitative estimate of drug-likeness (QED) is 0.766. The number of rotatable bonds is 8. The number of carbonyl (C=O) groups is 1. The van der Waals surface area contributed by atoms with Crippen molar-refractivity contribution >= 4 is 17.7 Å². The molecule has 2 aromatic carbocycles. The summed E-state index contributed by atoms with van der Waals surface area (Å²) in [5.74, 6) is 2.33. The number of ether oxygens (including phenoxy) is 1. The molecule has 0 aliphatic rings. The van der Waals surface area contributed by atoms with E-state index in [4.69, 9.17) is 10.5 Å². The number of carbonyl (C=O) groups excluding carboxylic acids is 1. The van der Waals surface area contributed by atoms with E-state index < -0.39 is 6.04 Å². The van der Waals surface area contributed by atoms with Gasteiger partial charge in [0.1, 0.15) is 11.5 Å². The monoisotopic (exact) mass is 344 g/mol. The lowest BCUT2D eigenvalue weighted by molar-refractivity contribution is -0.123. The van der Waals surface area contributed by atoms with Gasteiger partial charge in [-0.25, -0.2) is 0 Å². The van der Waals surface area contributed by atoms with Crippen LogP contribution in [0.15, 0.2) is 54.6 Å². The summed E-state index contributed by atoms with van der Waals surface area (Å²) in [6, 6.07) is 16.8. The number of thioether (sulfide) groups is 1. The smallest absolute Gasteiger partial charge is 0.237 e. The zero-order chi connectivity index (χ0) is 17.4. The van der Waals surface area contributed by atoms with Gasteiger partial charge < -0.3 is 15.8 Å². The molecular weight excluding hydrogens is 320 g/mol. The number of hydrogen-bond acceptors (Lipinski definition) is 4. The molecule has 2 rings (SSSR count). The van der Waals surface area contributed by atoms with E-state index in [1.54, 1.807) is 11.8 Å². The summed E-state index contributed by atoms with van der Waals surface area (Å²) in [6.45, 7) is 1.95. The van der Waals surface area contributed by atoms with Gasteiger partial charge in [-0.1, -0.05) is 30.3 Å². The van der Waals surface area contributed by atoms with E-state index in [1.165, 1.54) is 0 Å². The van der Waals surface area contributed by atoms with Crippen LogP contribution < -0.4 is 15.8 Å². The molecule has 0 saturated heterocycles. The number of nitrogens with one attached hydrogen (secondary N) is 1. The third kappa shape index (κ3) is 5.58. The highest BCUT2D eigenvalue weighted by atomic mass is 32.2. The van der Waals surface area contributed by atoms with E-state index in [0.717, 1.165) is 22.8 Å². The molecule has 128 valence electrons. The van der Waals surface area contributed by atoms with Crippen molar-refractivity contribution in [1.82, 2.24) is 5.32 Å². The molecule has 2 aromatic rings. The lowest BCUT2D eigenvalue weighted by Gasteiger charge is -2.18. The van der Waals surface area contributed by atoms with Gasteiger partial charge in [-0.2, -0.15) is 11.8 Å². The first kappa shape index (κ1) is 18.4. The number of benzene rings is 2. The fraction of sp³-hybridized carbons (Fsp3) is 0.316. The van der Waals surface area contributed by atoms with E-state index in [9.17, 15) is 4.79 Å². The van der Waals surface area contributed by atoms with Crippen LogP contribution in [0.25, 0.3) is 0 Å². The van der Waals surface area contributed by atoms with Crippen molar-refractivity contribution in [2.45, 2.75) is 25.4 Å². The molecule has 0 bridgehead atoms. The second kappa shape index (κ2) is 9.35. The van der Waals surface area contributed by atoms with Crippen molar-refractivity contribution < 1.29 is 9.53 Å². The molecule has 5 heteroatoms. The number of para-hydroxylation sites is 1. The third-order valence-electron chi connectivity index (χ3n) is 3.69. The first-order valence-corrected chi connectivity index (χ1v) is 9.37. The Morgan fingerprint density at radius 1 is 1.12 bits per heavy atom. The SMILES string of the molecule is CSCC[C@H](N)C(=O)NC(C)c1ccc(Oc2ccccc2)cc1. The normalized spacial score (nSPS) is 13.1. The van der Waals surface area contributed by atoms with Crippen molar-refractivity contribution in [3.05, 3.63) is 60.2 Å². The van der Waals surface area contributed by atoms with Crippen LogP contribution in [0.4, 0.5) is 0 Å². The molecule has 1 amide bonds. The number of amides is 1. The van der Waals surface area contributed by atoms with E-state index in [0.29, 0.717) is 6.42 Å². The summed E-state index contributed by atoms with van der Waals surface area (Å²) in [5, 5.41) is 2.96. The highest BCUT2D eigenvalue weighted by molar-refractivity contribution is 7.98. The maximum Gasteiger partial charge on any atom is 0.237 e. The molecule has 4 nitrogen and oxygen atoms in total. The van der Waals surface area contributed by atoms with Gasteiger partial charge in [0.2, 0.25) is 5.91 Å². The maximum atomic E-state index is 12.1. The Labute approximate surface area is 147 Å². The van der Waals surface area contributed by atoms with Crippen LogP contribution in [-0.4, -0.2) is 24.0 Å². The largest absolute Gasteiger partial charge is 0.457 e. The summed E-state index contributed by atoms with van der Waals surface area (Å²) in [6.07, 6.45) is 2.69. The lowest BCUT2D eigenvalue weighted by Crippen LogP contribution is -2.41. The molecule has 0 spiro atoms. The standard InChI is InChI=1S/C19H24N2O2S/c1-14(21-19(22)18(20)12-13-24-2)15-8-10-17(11-9-15)23-16-6-4-3-5-7-16/h3-11,14,18H,12-13,20H2,1-2H3,(H,21,22)/t14?,18-/m0/s1. The second-order valence-electron chi connectivity index (χ2n) is 5.60. The Morgan fingerprint density at radius 3 is 2.38 bits per heavy atom. The Balaban J connectivity index is 1.91. The molecule has 0 radical (unpaired) electrons. The van der Waals surface area contributed by atoms with Crippen LogP contribution in [0.3, 0.4) is 0 Å². The van der Waals surface area contributed by atoms with Crippen molar-refractivity contribution in [2.75, 3.05) is 12.0 Å². The van der Waals surface area contributed by atoms with Crippen molar-refractivity contribution in [3.63, 3.8) is 0 Å². The van der Waals surface area contributed by atoms with Crippen molar-refractivity contribution in [2.24, 2.45) is 5.73 Å². The minimum atomic E-state index is -0.458. The Kier molecular flexibility index (Phi) is 7.15. The van der Waals surface area contributed by atoms with Crippen molar-refractivity contribution in [3.8, 4) is 11.5 Å². The first-order valence-electron chi connectivity index (χ1n) is 7.98.